The van der Waals surface area contributed by atoms with Gasteiger partial charge >= 0.3 is 0 Å². The van der Waals surface area contributed by atoms with Crippen LogP contribution in [0.4, 0.5) is 0 Å². The van der Waals surface area contributed by atoms with E-state index < -0.39 is 0 Å². The molecule has 0 radical (unpaired) electrons. The number of hydrogen-bond acceptors (Lipinski definition) is 3. The van der Waals surface area contributed by atoms with E-state index in [-0.39, 0.29) is 11.9 Å². The predicted molar refractivity (Wildman–Crippen MR) is 107 cm³/mol. The van der Waals surface area contributed by atoms with Crippen LogP contribution in [-0.2, 0) is 0 Å². The van der Waals surface area contributed by atoms with Gasteiger partial charge in [-0.1, -0.05) is 54.6 Å². The van der Waals surface area contributed by atoms with Gasteiger partial charge in [0.1, 0.15) is 11.5 Å². The van der Waals surface area contributed by atoms with Crippen LogP contribution in [-0.4, -0.2) is 20.1 Å². The van der Waals surface area contributed by atoms with Crippen molar-refractivity contribution >= 4 is 5.91 Å². The Bertz CT molecular complexity index is 882. The van der Waals surface area contributed by atoms with Crippen molar-refractivity contribution in [1.29, 1.82) is 0 Å². The summed E-state index contributed by atoms with van der Waals surface area (Å²) in [4.78, 5) is 12.6. The van der Waals surface area contributed by atoms with Crippen LogP contribution in [0.2, 0.25) is 0 Å². The number of carbonyl (C=O) groups excluding carboxylic acids is 1. The topological polar surface area (TPSA) is 47.6 Å². The lowest BCUT2D eigenvalue weighted by Gasteiger charge is -2.16. The smallest absolute Gasteiger partial charge is 0.252 e. The van der Waals surface area contributed by atoms with Crippen molar-refractivity contribution in [2.45, 2.75) is 13.0 Å². The monoisotopic (exact) mass is 361 g/mol. The summed E-state index contributed by atoms with van der Waals surface area (Å²) in [7, 11) is 3.13. The molecule has 1 amide bonds. The fourth-order valence-corrected chi connectivity index (χ4v) is 2.90. The third-order valence-corrected chi connectivity index (χ3v) is 4.48. The maximum atomic E-state index is 12.6. The van der Waals surface area contributed by atoms with Gasteiger partial charge in [0.05, 0.1) is 20.3 Å². The van der Waals surface area contributed by atoms with Crippen LogP contribution in [0, 0.1) is 0 Å². The van der Waals surface area contributed by atoms with Crippen LogP contribution in [0.3, 0.4) is 0 Å². The highest BCUT2D eigenvalue weighted by atomic mass is 16.5. The maximum absolute atomic E-state index is 12.6. The predicted octanol–water partition coefficient (Wildman–Crippen LogP) is 4.86. The third kappa shape index (κ3) is 4.47. The van der Waals surface area contributed by atoms with E-state index in [1.165, 1.54) is 5.56 Å². The molecule has 1 N–H and O–H groups in total. The minimum atomic E-state index is -0.174. The van der Waals surface area contributed by atoms with E-state index in [4.69, 9.17) is 9.47 Å². The van der Waals surface area contributed by atoms with Crippen molar-refractivity contribution in [3.05, 3.63) is 83.9 Å². The molecule has 0 saturated heterocycles. The molecule has 0 aliphatic rings. The lowest BCUT2D eigenvalue weighted by molar-refractivity contribution is 0.0939. The van der Waals surface area contributed by atoms with Crippen LogP contribution in [0.25, 0.3) is 11.1 Å². The number of ether oxygens (including phenoxy) is 2. The first-order valence-electron chi connectivity index (χ1n) is 8.80. The molecule has 0 saturated carbocycles. The van der Waals surface area contributed by atoms with Crippen molar-refractivity contribution < 1.29 is 14.3 Å². The summed E-state index contributed by atoms with van der Waals surface area (Å²) in [6, 6.07) is 23.4. The van der Waals surface area contributed by atoms with E-state index in [9.17, 15) is 4.79 Å². The van der Waals surface area contributed by atoms with Crippen molar-refractivity contribution in [2.24, 2.45) is 0 Å². The maximum Gasteiger partial charge on any atom is 0.252 e. The molecule has 27 heavy (non-hydrogen) atoms. The highest BCUT2D eigenvalue weighted by molar-refractivity contribution is 5.95. The van der Waals surface area contributed by atoms with E-state index in [1.54, 1.807) is 32.4 Å². The standard InChI is InChI=1S/C23H23NO3/c1-16(17-9-11-19(12-10-17)18-7-5-4-6-8-18)24-23(25)20-13-21(26-2)15-22(14-20)27-3/h4-16H,1-3H3,(H,24,25)/t16-/m0/s1. The molecule has 0 bridgehead atoms. The Morgan fingerprint density at radius 1 is 0.815 bits per heavy atom. The van der Waals surface area contributed by atoms with E-state index in [0.29, 0.717) is 17.1 Å². The Morgan fingerprint density at radius 2 is 1.37 bits per heavy atom. The first kappa shape index (κ1) is 18.5. The highest BCUT2D eigenvalue weighted by Crippen LogP contribution is 2.24. The second-order valence-corrected chi connectivity index (χ2v) is 6.28. The van der Waals surface area contributed by atoms with Gasteiger partial charge in [0.15, 0.2) is 0 Å². The number of carbonyl (C=O) groups is 1. The summed E-state index contributed by atoms with van der Waals surface area (Å²) in [5.74, 6) is 0.991. The normalized spacial score (nSPS) is 11.5. The SMILES string of the molecule is COc1cc(OC)cc(C(=O)N[C@@H](C)c2ccc(-c3ccccc3)cc2)c1. The molecular weight excluding hydrogens is 338 g/mol. The van der Waals surface area contributed by atoms with Gasteiger partial charge in [0, 0.05) is 11.6 Å². The Kier molecular flexibility index (Phi) is 5.77. The van der Waals surface area contributed by atoms with Crippen LogP contribution in [0.5, 0.6) is 11.5 Å². The zero-order valence-corrected chi connectivity index (χ0v) is 15.7. The number of rotatable bonds is 6. The summed E-state index contributed by atoms with van der Waals surface area (Å²) in [5.41, 5.74) is 3.86. The number of hydrogen-bond donors (Lipinski definition) is 1. The number of methoxy groups -OCH3 is 2. The quantitative estimate of drug-likeness (QED) is 0.682. The molecule has 0 aromatic heterocycles. The minimum Gasteiger partial charge on any atom is -0.497 e. The van der Waals surface area contributed by atoms with Crippen molar-refractivity contribution in [1.82, 2.24) is 5.32 Å². The summed E-state index contributed by atoms with van der Waals surface area (Å²) in [5, 5.41) is 3.02. The Hall–Kier alpha value is -3.27. The van der Waals surface area contributed by atoms with E-state index in [0.717, 1.165) is 11.1 Å². The fraction of sp³-hybridized carbons (Fsp3) is 0.174. The van der Waals surface area contributed by atoms with Crippen LogP contribution < -0.4 is 14.8 Å². The number of nitrogens with one attached hydrogen (secondary N) is 1. The van der Waals surface area contributed by atoms with Gasteiger partial charge in [-0.3, -0.25) is 4.79 Å². The molecule has 3 aromatic rings. The molecule has 1 atom stereocenters. The lowest BCUT2D eigenvalue weighted by atomic mass is 10.0. The van der Waals surface area contributed by atoms with Gasteiger partial charge in [0.2, 0.25) is 0 Å². The van der Waals surface area contributed by atoms with Crippen molar-refractivity contribution in [3.8, 4) is 22.6 Å². The molecule has 0 unspecified atom stereocenters. The molecular formula is C23H23NO3. The van der Waals surface area contributed by atoms with Gasteiger partial charge in [-0.2, -0.15) is 0 Å². The second kappa shape index (κ2) is 8.41. The largest absolute Gasteiger partial charge is 0.497 e. The summed E-state index contributed by atoms with van der Waals surface area (Å²) >= 11 is 0. The van der Waals surface area contributed by atoms with Crippen LogP contribution in [0.15, 0.2) is 72.8 Å². The van der Waals surface area contributed by atoms with E-state index in [2.05, 4.69) is 29.6 Å². The van der Waals surface area contributed by atoms with E-state index in [1.807, 2.05) is 37.3 Å². The first-order chi connectivity index (χ1) is 13.1. The Morgan fingerprint density at radius 3 is 1.93 bits per heavy atom. The van der Waals surface area contributed by atoms with Gasteiger partial charge in [-0.15, -0.1) is 0 Å². The van der Waals surface area contributed by atoms with Crippen LogP contribution >= 0.6 is 0 Å². The first-order valence-corrected chi connectivity index (χ1v) is 8.80. The zero-order chi connectivity index (χ0) is 19.2. The van der Waals surface area contributed by atoms with E-state index >= 15 is 0 Å². The number of amides is 1. The molecule has 4 heteroatoms. The average Bonchev–Trinajstić information content (AvgIpc) is 2.74. The molecule has 0 aliphatic carbocycles. The van der Waals surface area contributed by atoms with Crippen molar-refractivity contribution in [3.63, 3.8) is 0 Å². The van der Waals surface area contributed by atoms with Crippen LogP contribution in [0.1, 0.15) is 28.9 Å². The summed E-state index contributed by atoms with van der Waals surface area (Å²) < 4.78 is 10.5. The van der Waals surface area contributed by atoms with Gasteiger partial charge < -0.3 is 14.8 Å². The minimum absolute atomic E-state index is 0.125. The van der Waals surface area contributed by atoms with Crippen molar-refractivity contribution in [2.75, 3.05) is 14.2 Å². The summed E-state index contributed by atoms with van der Waals surface area (Å²) in [6.45, 7) is 1.97. The summed E-state index contributed by atoms with van der Waals surface area (Å²) in [6.07, 6.45) is 0. The fourth-order valence-electron chi connectivity index (χ4n) is 2.90. The average molecular weight is 361 g/mol. The van der Waals surface area contributed by atoms with Gasteiger partial charge in [-0.25, -0.2) is 0 Å². The molecule has 3 rings (SSSR count). The molecule has 0 spiro atoms. The Balaban J connectivity index is 1.73. The Labute approximate surface area is 159 Å². The molecule has 0 fully saturated rings. The molecule has 4 nitrogen and oxygen atoms in total. The molecule has 3 aromatic carbocycles. The van der Waals surface area contributed by atoms with Gasteiger partial charge in [-0.05, 0) is 35.7 Å². The third-order valence-electron chi connectivity index (χ3n) is 4.48. The van der Waals surface area contributed by atoms with Gasteiger partial charge in [0.25, 0.3) is 5.91 Å². The second-order valence-electron chi connectivity index (χ2n) is 6.28. The highest BCUT2D eigenvalue weighted by Gasteiger charge is 2.14. The molecule has 138 valence electrons. The number of benzene rings is 3. The molecule has 0 heterocycles. The zero-order valence-electron chi connectivity index (χ0n) is 15.7. The molecule has 0 aliphatic heterocycles. The lowest BCUT2D eigenvalue weighted by Crippen LogP contribution is -2.26.